The Labute approximate surface area is 196 Å². The third-order valence-electron chi connectivity index (χ3n) is 4.67. The Morgan fingerprint density at radius 2 is 1.89 bits per heavy atom. The molecule has 9 nitrogen and oxygen atoms in total. The van der Waals surface area contributed by atoms with E-state index in [0.717, 1.165) is 33.5 Å². The number of fused-ring (bicyclic) bond motifs is 1. The third kappa shape index (κ3) is 6.69. The van der Waals surface area contributed by atoms with Crippen molar-refractivity contribution in [1.82, 2.24) is 20.3 Å². The van der Waals surface area contributed by atoms with Crippen LogP contribution in [0.5, 0.6) is 5.75 Å². The molecule has 12 heteroatoms. The number of nitrogens with one attached hydrogen (secondary N) is 2. The lowest BCUT2D eigenvalue weighted by molar-refractivity contribution is -0.192. The first-order chi connectivity index (χ1) is 16.6. The minimum atomic E-state index is -5.08. The van der Waals surface area contributed by atoms with Crippen LogP contribution in [0.2, 0.25) is 0 Å². The van der Waals surface area contributed by atoms with Crippen molar-refractivity contribution in [3.05, 3.63) is 72.1 Å². The molecule has 0 bridgehead atoms. The first-order valence-corrected chi connectivity index (χ1v) is 9.99. The van der Waals surface area contributed by atoms with Gasteiger partial charge in [0.05, 0.1) is 12.8 Å². The van der Waals surface area contributed by atoms with E-state index >= 15 is 0 Å². The number of ether oxygens (including phenoxy) is 1. The molecule has 2 heterocycles. The SMILES string of the molecule is COc1cccc(CNC(=O)c2cc3ccc(-c4ccnc(N)n4)cc3[nH]2)c1.O=C(O)C(F)(F)F. The number of halogens is 3. The van der Waals surface area contributed by atoms with Gasteiger partial charge >= 0.3 is 12.1 Å². The van der Waals surface area contributed by atoms with Crippen molar-refractivity contribution in [2.75, 3.05) is 12.8 Å². The standard InChI is InChI=1S/C21H19N5O2.C2HF3O2/c1-28-16-4-2-3-13(9-16)12-24-20(27)19-11-15-6-5-14(10-18(15)25-19)17-7-8-23-21(22)26-17;3-2(4,5)1(6)7/h2-11,25H,12H2,1H3,(H,24,27)(H2,22,23,26);(H,6,7). The number of rotatable bonds is 5. The van der Waals surface area contributed by atoms with E-state index in [2.05, 4.69) is 20.3 Å². The van der Waals surface area contributed by atoms with E-state index in [4.69, 9.17) is 20.4 Å². The Balaban J connectivity index is 0.000000429. The van der Waals surface area contributed by atoms with Gasteiger partial charge in [-0.2, -0.15) is 13.2 Å². The molecule has 4 rings (SSSR count). The maximum atomic E-state index is 12.5. The summed E-state index contributed by atoms with van der Waals surface area (Å²) in [5.41, 5.74) is 9.60. The lowest BCUT2D eigenvalue weighted by Crippen LogP contribution is -2.23. The van der Waals surface area contributed by atoms with E-state index in [1.165, 1.54) is 0 Å². The first-order valence-electron chi connectivity index (χ1n) is 9.99. The van der Waals surface area contributed by atoms with Gasteiger partial charge in [0.1, 0.15) is 11.4 Å². The summed E-state index contributed by atoms with van der Waals surface area (Å²) in [6.45, 7) is 0.414. The van der Waals surface area contributed by atoms with Gasteiger partial charge in [-0.3, -0.25) is 4.79 Å². The van der Waals surface area contributed by atoms with Crippen LogP contribution in [0.25, 0.3) is 22.2 Å². The summed E-state index contributed by atoms with van der Waals surface area (Å²) in [6.07, 6.45) is -3.46. The van der Waals surface area contributed by atoms with Crippen molar-refractivity contribution >= 4 is 28.7 Å². The number of aliphatic carboxylic acids is 1. The van der Waals surface area contributed by atoms with Crippen LogP contribution < -0.4 is 15.8 Å². The van der Waals surface area contributed by atoms with Gasteiger partial charge in [0.15, 0.2) is 0 Å². The highest BCUT2D eigenvalue weighted by atomic mass is 19.4. The highest BCUT2D eigenvalue weighted by Gasteiger charge is 2.38. The van der Waals surface area contributed by atoms with Gasteiger partial charge in [0.2, 0.25) is 5.95 Å². The molecule has 1 amide bonds. The monoisotopic (exact) mass is 487 g/mol. The molecular weight excluding hydrogens is 467 g/mol. The van der Waals surface area contributed by atoms with E-state index in [0.29, 0.717) is 12.2 Å². The summed E-state index contributed by atoms with van der Waals surface area (Å²) < 4.78 is 36.9. The van der Waals surface area contributed by atoms with Crippen LogP contribution in [0.1, 0.15) is 16.1 Å². The summed E-state index contributed by atoms with van der Waals surface area (Å²) in [5.74, 6) is -1.95. The van der Waals surface area contributed by atoms with Gasteiger partial charge in [0, 0.05) is 29.2 Å². The number of carboxylic acids is 1. The van der Waals surface area contributed by atoms with Crippen molar-refractivity contribution in [3.63, 3.8) is 0 Å². The fourth-order valence-electron chi connectivity index (χ4n) is 3.00. The Kier molecular flexibility index (Phi) is 7.54. The number of nitrogen functional groups attached to an aromatic ring is 1. The van der Waals surface area contributed by atoms with E-state index in [-0.39, 0.29) is 11.9 Å². The van der Waals surface area contributed by atoms with Crippen molar-refractivity contribution < 1.29 is 32.6 Å². The maximum absolute atomic E-state index is 12.5. The molecule has 2 aromatic heterocycles. The Morgan fingerprint density at radius 1 is 1.14 bits per heavy atom. The number of nitrogens with zero attached hydrogens (tertiary/aromatic N) is 2. The molecule has 0 saturated heterocycles. The number of carbonyl (C=O) groups excluding carboxylic acids is 1. The van der Waals surface area contributed by atoms with Crippen LogP contribution in [0.15, 0.2) is 60.8 Å². The van der Waals surface area contributed by atoms with E-state index in [1.54, 1.807) is 19.4 Å². The van der Waals surface area contributed by atoms with Crippen LogP contribution in [0.4, 0.5) is 19.1 Å². The zero-order valence-electron chi connectivity index (χ0n) is 18.3. The predicted molar refractivity (Wildman–Crippen MR) is 122 cm³/mol. The summed E-state index contributed by atoms with van der Waals surface area (Å²) in [5, 5.41) is 11.0. The molecule has 0 unspecified atom stereocenters. The Bertz CT molecular complexity index is 1350. The molecule has 5 N–H and O–H groups in total. The van der Waals surface area contributed by atoms with Crippen molar-refractivity contribution in [1.29, 1.82) is 0 Å². The van der Waals surface area contributed by atoms with E-state index in [1.807, 2.05) is 48.5 Å². The fraction of sp³-hybridized carbons (Fsp3) is 0.130. The number of carbonyl (C=O) groups is 2. The molecule has 0 atom stereocenters. The van der Waals surface area contributed by atoms with Gasteiger partial charge in [0.25, 0.3) is 5.91 Å². The molecule has 0 saturated carbocycles. The summed E-state index contributed by atoms with van der Waals surface area (Å²) in [4.78, 5) is 32.7. The summed E-state index contributed by atoms with van der Waals surface area (Å²) >= 11 is 0. The molecule has 0 radical (unpaired) electrons. The molecule has 0 aliphatic rings. The number of H-pyrrole nitrogens is 1. The largest absolute Gasteiger partial charge is 0.497 e. The summed E-state index contributed by atoms with van der Waals surface area (Å²) in [6, 6.07) is 17.0. The van der Waals surface area contributed by atoms with Gasteiger partial charge < -0.3 is 25.9 Å². The van der Waals surface area contributed by atoms with Gasteiger partial charge in [-0.1, -0.05) is 24.3 Å². The van der Waals surface area contributed by atoms with Crippen molar-refractivity contribution in [2.24, 2.45) is 0 Å². The molecular formula is C23H20F3N5O4. The zero-order valence-corrected chi connectivity index (χ0v) is 18.3. The average molecular weight is 487 g/mol. The predicted octanol–water partition coefficient (Wildman–Crippen LogP) is 3.78. The molecule has 0 aliphatic carbocycles. The lowest BCUT2D eigenvalue weighted by atomic mass is 10.1. The van der Waals surface area contributed by atoms with Crippen LogP contribution in [-0.2, 0) is 11.3 Å². The molecule has 2 aromatic carbocycles. The quantitative estimate of drug-likeness (QED) is 0.335. The minimum absolute atomic E-state index is 0.174. The minimum Gasteiger partial charge on any atom is -0.497 e. The molecule has 0 aliphatic heterocycles. The number of aromatic nitrogens is 3. The third-order valence-corrected chi connectivity index (χ3v) is 4.67. The van der Waals surface area contributed by atoms with Crippen LogP contribution in [-0.4, -0.2) is 45.2 Å². The number of anilines is 1. The van der Waals surface area contributed by atoms with Gasteiger partial charge in [-0.05, 0) is 35.9 Å². The number of hydrogen-bond donors (Lipinski definition) is 4. The molecule has 182 valence electrons. The second-order valence-corrected chi connectivity index (χ2v) is 7.12. The van der Waals surface area contributed by atoms with Crippen molar-refractivity contribution in [3.8, 4) is 17.0 Å². The van der Waals surface area contributed by atoms with Crippen molar-refractivity contribution in [2.45, 2.75) is 12.7 Å². The number of aromatic amines is 1. The van der Waals surface area contributed by atoms with Gasteiger partial charge in [-0.25, -0.2) is 14.8 Å². The molecule has 0 spiro atoms. The number of nitrogens with two attached hydrogens (primary N) is 1. The fourth-order valence-corrected chi connectivity index (χ4v) is 3.00. The van der Waals surface area contributed by atoms with E-state index in [9.17, 15) is 18.0 Å². The highest BCUT2D eigenvalue weighted by molar-refractivity contribution is 5.98. The van der Waals surface area contributed by atoms with Gasteiger partial charge in [-0.15, -0.1) is 0 Å². The molecule has 4 aromatic rings. The smallest absolute Gasteiger partial charge is 0.490 e. The molecule has 35 heavy (non-hydrogen) atoms. The first kappa shape index (κ1) is 25.0. The number of carboxylic acid groups (broad SMARTS) is 1. The van der Waals surface area contributed by atoms with Crippen LogP contribution in [0, 0.1) is 0 Å². The number of amides is 1. The number of hydrogen-bond acceptors (Lipinski definition) is 6. The number of methoxy groups -OCH3 is 1. The van der Waals surface area contributed by atoms with Crippen LogP contribution in [0.3, 0.4) is 0 Å². The maximum Gasteiger partial charge on any atom is 0.490 e. The topological polar surface area (TPSA) is 143 Å². The second-order valence-electron chi connectivity index (χ2n) is 7.12. The van der Waals surface area contributed by atoms with Crippen LogP contribution >= 0.6 is 0 Å². The second kappa shape index (κ2) is 10.5. The zero-order chi connectivity index (χ0) is 25.6. The Hall–Kier alpha value is -4.61. The highest BCUT2D eigenvalue weighted by Crippen LogP contribution is 2.24. The number of benzene rings is 2. The Morgan fingerprint density at radius 3 is 2.54 bits per heavy atom. The van der Waals surface area contributed by atoms with E-state index < -0.39 is 12.1 Å². The lowest BCUT2D eigenvalue weighted by Gasteiger charge is -2.06. The number of alkyl halides is 3. The molecule has 0 fully saturated rings. The summed E-state index contributed by atoms with van der Waals surface area (Å²) in [7, 11) is 1.62. The average Bonchev–Trinajstić information content (AvgIpc) is 3.26. The normalized spacial score (nSPS) is 10.9.